The molecule has 1 aliphatic rings. The maximum atomic E-state index is 12.4. The lowest BCUT2D eigenvalue weighted by molar-refractivity contribution is -0.161. The highest BCUT2D eigenvalue weighted by atomic mass is 16.6. The zero-order valence-electron chi connectivity index (χ0n) is 32.6. The number of ketones is 1. The monoisotopic (exact) mass is 721 g/mol. The molecule has 0 heterocycles. The lowest BCUT2D eigenvalue weighted by Crippen LogP contribution is -2.28. The summed E-state index contributed by atoms with van der Waals surface area (Å²) in [6.45, 7) is 3.82. The predicted octanol–water partition coefficient (Wildman–Crippen LogP) is 9.66. The summed E-state index contributed by atoms with van der Waals surface area (Å²) in [5.41, 5.74) is 0. The number of esters is 2. The smallest absolute Gasteiger partial charge is 0.306 e. The topological polar surface area (TPSA) is 130 Å². The molecular weight excluding hydrogens is 644 g/mol. The van der Waals surface area contributed by atoms with Gasteiger partial charge in [-0.2, -0.15) is 0 Å². The van der Waals surface area contributed by atoms with Gasteiger partial charge in [-0.1, -0.05) is 160 Å². The third kappa shape index (κ3) is 25.6. The van der Waals surface area contributed by atoms with Crippen LogP contribution in [0.5, 0.6) is 0 Å². The molecule has 1 rings (SSSR count). The van der Waals surface area contributed by atoms with Gasteiger partial charge in [0, 0.05) is 31.1 Å². The molecule has 0 aromatic heterocycles. The number of Topliss-reactive ketones (excluding diaryl/α,β-unsaturated/α-hetero) is 1. The summed E-state index contributed by atoms with van der Waals surface area (Å²) >= 11 is 0. The second-order valence-electron chi connectivity index (χ2n) is 14.9. The number of ether oxygens (including phenoxy) is 2. The van der Waals surface area contributed by atoms with E-state index in [1.165, 1.54) is 89.9 Å². The maximum absolute atomic E-state index is 12.4. The Morgan fingerprint density at radius 3 is 1.84 bits per heavy atom. The standard InChI is InChI=1S/C43H76O8/c1-3-5-7-8-9-10-11-12-13-14-15-16-17-18-19-20-26-30-43(49)51-37(34-44)35-50-42(48)29-25-22-21-24-28-38-39(41(47)33-40(38)46)32-31-36(45)27-23-6-4-2/h21,24,31-32,36-40,44-46H,3-20,22-23,25-30,33-35H2,1-2H3/b24-21-,32-31+/t36-,37-,38+,39+,40-/m0/s1. The molecule has 1 aliphatic carbocycles. The van der Waals surface area contributed by atoms with Gasteiger partial charge < -0.3 is 24.8 Å². The van der Waals surface area contributed by atoms with Crippen molar-refractivity contribution in [2.75, 3.05) is 13.2 Å². The lowest BCUT2D eigenvalue weighted by atomic mass is 9.90. The number of unbranched alkanes of at least 4 members (excludes halogenated alkanes) is 19. The Bertz CT molecular complexity index is 931. The zero-order valence-corrected chi connectivity index (χ0v) is 32.6. The van der Waals surface area contributed by atoms with E-state index in [-0.39, 0.29) is 37.1 Å². The van der Waals surface area contributed by atoms with Gasteiger partial charge in [0.2, 0.25) is 0 Å². The molecule has 0 amide bonds. The van der Waals surface area contributed by atoms with E-state index in [9.17, 15) is 29.7 Å². The average Bonchev–Trinajstić information content (AvgIpc) is 3.39. The van der Waals surface area contributed by atoms with Crippen molar-refractivity contribution < 1.29 is 39.2 Å². The van der Waals surface area contributed by atoms with Crippen LogP contribution in [-0.2, 0) is 23.9 Å². The molecule has 296 valence electrons. The van der Waals surface area contributed by atoms with Crippen LogP contribution in [0, 0.1) is 11.8 Å². The van der Waals surface area contributed by atoms with Crippen molar-refractivity contribution in [2.24, 2.45) is 11.8 Å². The van der Waals surface area contributed by atoms with Crippen LogP contribution in [0.25, 0.3) is 0 Å². The Morgan fingerprint density at radius 1 is 0.745 bits per heavy atom. The van der Waals surface area contributed by atoms with E-state index in [1.54, 1.807) is 12.2 Å². The number of aliphatic hydroxyl groups is 3. The molecule has 51 heavy (non-hydrogen) atoms. The quantitative estimate of drug-likeness (QED) is 0.0340. The highest BCUT2D eigenvalue weighted by Crippen LogP contribution is 2.33. The zero-order chi connectivity index (χ0) is 37.4. The minimum atomic E-state index is -0.855. The summed E-state index contributed by atoms with van der Waals surface area (Å²) in [5.74, 6) is -1.39. The summed E-state index contributed by atoms with van der Waals surface area (Å²) in [7, 11) is 0. The maximum Gasteiger partial charge on any atom is 0.306 e. The minimum Gasteiger partial charge on any atom is -0.462 e. The van der Waals surface area contributed by atoms with E-state index in [0.29, 0.717) is 32.1 Å². The van der Waals surface area contributed by atoms with Crippen LogP contribution in [-0.4, -0.2) is 64.6 Å². The van der Waals surface area contributed by atoms with Gasteiger partial charge in [-0.25, -0.2) is 0 Å². The van der Waals surface area contributed by atoms with Crippen molar-refractivity contribution in [1.82, 2.24) is 0 Å². The van der Waals surface area contributed by atoms with Crippen LogP contribution in [0.15, 0.2) is 24.3 Å². The first-order chi connectivity index (χ1) is 24.8. The Labute approximate surface area is 311 Å². The average molecular weight is 721 g/mol. The Balaban J connectivity index is 2.08. The van der Waals surface area contributed by atoms with Crippen LogP contribution in [0.1, 0.15) is 187 Å². The molecule has 0 aliphatic heterocycles. The summed E-state index contributed by atoms with van der Waals surface area (Å²) in [6.07, 6.45) is 33.1. The van der Waals surface area contributed by atoms with Gasteiger partial charge in [0.1, 0.15) is 12.4 Å². The van der Waals surface area contributed by atoms with Crippen molar-refractivity contribution >= 4 is 17.7 Å². The molecule has 0 spiro atoms. The molecule has 0 aromatic carbocycles. The Kier molecular flexibility index (Phi) is 30.0. The van der Waals surface area contributed by atoms with Gasteiger partial charge >= 0.3 is 11.9 Å². The van der Waals surface area contributed by atoms with Gasteiger partial charge in [0.05, 0.1) is 18.8 Å². The van der Waals surface area contributed by atoms with Gasteiger partial charge in [-0.05, 0) is 32.1 Å². The molecule has 1 saturated carbocycles. The molecule has 0 aromatic rings. The first-order valence-electron chi connectivity index (χ1n) is 21.0. The summed E-state index contributed by atoms with van der Waals surface area (Å²) in [5, 5.41) is 30.2. The van der Waals surface area contributed by atoms with Crippen molar-refractivity contribution in [3.63, 3.8) is 0 Å². The van der Waals surface area contributed by atoms with E-state index in [1.807, 2.05) is 12.2 Å². The van der Waals surface area contributed by atoms with E-state index in [4.69, 9.17) is 9.47 Å². The van der Waals surface area contributed by atoms with Crippen molar-refractivity contribution in [1.29, 1.82) is 0 Å². The molecule has 1 fully saturated rings. The first-order valence-corrected chi connectivity index (χ1v) is 21.0. The molecule has 8 heteroatoms. The van der Waals surface area contributed by atoms with Crippen LogP contribution in [0.2, 0.25) is 0 Å². The van der Waals surface area contributed by atoms with Crippen LogP contribution in [0.4, 0.5) is 0 Å². The van der Waals surface area contributed by atoms with Gasteiger partial charge in [-0.3, -0.25) is 14.4 Å². The molecule has 5 atom stereocenters. The van der Waals surface area contributed by atoms with Gasteiger partial charge in [-0.15, -0.1) is 0 Å². The van der Waals surface area contributed by atoms with E-state index >= 15 is 0 Å². The molecule has 0 unspecified atom stereocenters. The molecular formula is C43H76O8. The SMILES string of the molecule is CCCCCCCCCCCCCCCCCCCC(=O)O[C@@H](CO)COC(=O)CCC/C=C\C[C@H]1[C@@H](O)CC(=O)[C@@H]1/C=C/[C@@H](O)CCCCC. The van der Waals surface area contributed by atoms with Gasteiger partial charge in [0.15, 0.2) is 6.10 Å². The van der Waals surface area contributed by atoms with E-state index < -0.39 is 36.8 Å². The predicted molar refractivity (Wildman–Crippen MR) is 206 cm³/mol. The highest BCUT2D eigenvalue weighted by Gasteiger charge is 2.39. The molecule has 0 radical (unpaired) electrons. The molecule has 0 bridgehead atoms. The van der Waals surface area contributed by atoms with Crippen molar-refractivity contribution in [3.05, 3.63) is 24.3 Å². The second kappa shape index (κ2) is 32.6. The summed E-state index contributed by atoms with van der Waals surface area (Å²) < 4.78 is 10.6. The van der Waals surface area contributed by atoms with Crippen LogP contribution in [0.3, 0.4) is 0 Å². The number of allylic oxidation sites excluding steroid dienone is 3. The highest BCUT2D eigenvalue weighted by molar-refractivity contribution is 5.86. The number of hydrogen-bond acceptors (Lipinski definition) is 8. The van der Waals surface area contributed by atoms with Gasteiger partial charge in [0.25, 0.3) is 0 Å². The third-order valence-corrected chi connectivity index (χ3v) is 10.1. The first kappa shape index (κ1) is 47.0. The Morgan fingerprint density at radius 2 is 1.27 bits per heavy atom. The third-order valence-electron chi connectivity index (χ3n) is 10.1. The summed E-state index contributed by atoms with van der Waals surface area (Å²) in [4.78, 5) is 36.8. The number of rotatable bonds is 34. The normalized spacial score (nSPS) is 18.9. The summed E-state index contributed by atoms with van der Waals surface area (Å²) in [6, 6.07) is 0. The van der Waals surface area contributed by atoms with Crippen molar-refractivity contribution in [2.45, 2.75) is 206 Å². The second-order valence-corrected chi connectivity index (χ2v) is 14.9. The molecule has 8 nitrogen and oxygen atoms in total. The lowest BCUT2D eigenvalue weighted by Gasteiger charge is -2.17. The fourth-order valence-corrected chi connectivity index (χ4v) is 6.83. The van der Waals surface area contributed by atoms with E-state index in [2.05, 4.69) is 13.8 Å². The molecule has 0 saturated heterocycles. The fourth-order valence-electron chi connectivity index (χ4n) is 6.83. The number of hydrogen-bond donors (Lipinski definition) is 3. The number of carbonyl (C=O) groups excluding carboxylic acids is 3. The van der Waals surface area contributed by atoms with E-state index in [0.717, 1.165) is 38.5 Å². The fraction of sp³-hybridized carbons (Fsp3) is 0.837. The number of carbonyl (C=O) groups is 3. The van der Waals surface area contributed by atoms with Crippen LogP contribution >= 0.6 is 0 Å². The minimum absolute atomic E-state index is 0.00270. The Hall–Kier alpha value is -2.03. The van der Waals surface area contributed by atoms with Crippen molar-refractivity contribution in [3.8, 4) is 0 Å². The van der Waals surface area contributed by atoms with Crippen LogP contribution < -0.4 is 0 Å². The number of aliphatic hydroxyl groups excluding tert-OH is 3. The molecule has 3 N–H and O–H groups in total. The largest absolute Gasteiger partial charge is 0.462 e.